The fourth-order valence-electron chi connectivity index (χ4n) is 2.44. The van der Waals surface area contributed by atoms with Crippen molar-refractivity contribution in [1.82, 2.24) is 14.8 Å². The fraction of sp³-hybridized carbons (Fsp3) is 0.263. The molecule has 130 valence electrons. The van der Waals surface area contributed by atoms with Gasteiger partial charge in [-0.1, -0.05) is 41.1 Å². The van der Waals surface area contributed by atoms with Gasteiger partial charge in [-0.2, -0.15) is 0 Å². The lowest BCUT2D eigenvalue weighted by atomic mass is 10.2. The van der Waals surface area contributed by atoms with E-state index < -0.39 is 0 Å². The van der Waals surface area contributed by atoms with Crippen molar-refractivity contribution in [3.63, 3.8) is 0 Å². The largest absolute Gasteiger partial charge is 0.385 e. The summed E-state index contributed by atoms with van der Waals surface area (Å²) in [5, 5.41) is 10.4. The van der Waals surface area contributed by atoms with Crippen LogP contribution in [-0.4, -0.2) is 34.2 Å². The molecule has 0 bridgehead atoms. The predicted octanol–water partition coefficient (Wildman–Crippen LogP) is 5.02. The first-order valence-electron chi connectivity index (χ1n) is 8.09. The van der Waals surface area contributed by atoms with Crippen molar-refractivity contribution in [1.29, 1.82) is 0 Å². The Balaban J connectivity index is 1.98. The monoisotopic (exact) mass is 373 g/mol. The van der Waals surface area contributed by atoms with Crippen LogP contribution >= 0.6 is 23.4 Å². The van der Waals surface area contributed by atoms with Crippen LogP contribution in [0.3, 0.4) is 0 Å². The second-order valence-corrected chi connectivity index (χ2v) is 7.18. The summed E-state index contributed by atoms with van der Waals surface area (Å²) in [6.07, 6.45) is 0.970. The van der Waals surface area contributed by atoms with Gasteiger partial charge in [-0.3, -0.25) is 4.57 Å². The number of ether oxygens (including phenoxy) is 1. The number of aromatic nitrogens is 3. The zero-order chi connectivity index (χ0) is 17.6. The van der Waals surface area contributed by atoms with Crippen molar-refractivity contribution in [2.45, 2.75) is 18.5 Å². The van der Waals surface area contributed by atoms with E-state index in [9.17, 15) is 0 Å². The zero-order valence-corrected chi connectivity index (χ0v) is 15.8. The molecule has 0 N–H and O–H groups in total. The maximum Gasteiger partial charge on any atom is 0.196 e. The first-order chi connectivity index (χ1) is 12.2. The van der Waals surface area contributed by atoms with Crippen LogP contribution in [0.15, 0.2) is 53.7 Å². The van der Waals surface area contributed by atoms with Gasteiger partial charge in [0.1, 0.15) is 0 Å². The summed E-state index contributed by atoms with van der Waals surface area (Å²) in [6, 6.07) is 16.1. The molecule has 0 amide bonds. The number of hydrogen-bond acceptors (Lipinski definition) is 4. The van der Waals surface area contributed by atoms with Crippen molar-refractivity contribution in [3.05, 3.63) is 59.1 Å². The number of hydrogen-bond donors (Lipinski definition) is 0. The van der Waals surface area contributed by atoms with Gasteiger partial charge >= 0.3 is 0 Å². The van der Waals surface area contributed by atoms with Gasteiger partial charge in [0.15, 0.2) is 11.0 Å². The molecular weight excluding hydrogens is 354 g/mol. The fourth-order valence-corrected chi connectivity index (χ4v) is 3.43. The van der Waals surface area contributed by atoms with Crippen molar-refractivity contribution in [2.75, 3.05) is 19.5 Å². The molecule has 6 heteroatoms. The predicted molar refractivity (Wildman–Crippen MR) is 104 cm³/mol. The van der Waals surface area contributed by atoms with E-state index in [2.05, 4.69) is 46.0 Å². The molecule has 0 saturated carbocycles. The highest BCUT2D eigenvalue weighted by atomic mass is 35.5. The van der Waals surface area contributed by atoms with Gasteiger partial charge in [0.2, 0.25) is 0 Å². The Labute approximate surface area is 157 Å². The summed E-state index contributed by atoms with van der Waals surface area (Å²) in [5.74, 6) is 1.74. The van der Waals surface area contributed by atoms with Gasteiger partial charge in [0.05, 0.1) is 0 Å². The molecule has 25 heavy (non-hydrogen) atoms. The first-order valence-corrected chi connectivity index (χ1v) is 9.45. The topological polar surface area (TPSA) is 39.9 Å². The molecule has 3 rings (SSSR count). The standard InChI is InChI=1S/C19H20ClN3OS/c1-14-4-10-17(11-5-14)23-18(15-6-8-16(20)9-7-15)21-22-19(23)25-13-3-12-24-2/h4-11H,3,12-13H2,1-2H3. The van der Waals surface area contributed by atoms with E-state index in [4.69, 9.17) is 16.3 Å². The highest BCUT2D eigenvalue weighted by molar-refractivity contribution is 7.99. The Morgan fingerprint density at radius 1 is 1.04 bits per heavy atom. The molecule has 0 fully saturated rings. The van der Waals surface area contributed by atoms with Gasteiger partial charge in [0, 0.05) is 35.7 Å². The molecule has 3 aromatic rings. The van der Waals surface area contributed by atoms with Crippen LogP contribution in [0.5, 0.6) is 0 Å². The highest BCUT2D eigenvalue weighted by Gasteiger charge is 2.16. The number of rotatable bonds is 7. The number of benzene rings is 2. The summed E-state index contributed by atoms with van der Waals surface area (Å²) >= 11 is 7.71. The van der Waals surface area contributed by atoms with Crippen molar-refractivity contribution in [2.24, 2.45) is 0 Å². The molecule has 2 aromatic carbocycles. The number of aryl methyl sites for hydroxylation is 1. The van der Waals surface area contributed by atoms with Crippen molar-refractivity contribution in [3.8, 4) is 17.1 Å². The minimum absolute atomic E-state index is 0.708. The van der Waals surface area contributed by atoms with Gasteiger partial charge in [-0.15, -0.1) is 10.2 Å². The van der Waals surface area contributed by atoms with E-state index in [0.29, 0.717) is 5.02 Å². The molecule has 0 unspecified atom stereocenters. The van der Waals surface area contributed by atoms with Crippen molar-refractivity contribution < 1.29 is 4.74 Å². The Morgan fingerprint density at radius 3 is 2.44 bits per heavy atom. The molecular formula is C19H20ClN3OS. The molecule has 0 atom stereocenters. The maximum absolute atomic E-state index is 6.02. The lowest BCUT2D eigenvalue weighted by Gasteiger charge is -2.11. The van der Waals surface area contributed by atoms with Crippen LogP contribution < -0.4 is 0 Å². The molecule has 1 heterocycles. The summed E-state index contributed by atoms with van der Waals surface area (Å²) in [5.41, 5.74) is 3.26. The van der Waals surface area contributed by atoms with Gasteiger partial charge < -0.3 is 4.74 Å². The van der Waals surface area contributed by atoms with Crippen molar-refractivity contribution >= 4 is 23.4 Å². The molecule has 0 spiro atoms. The highest BCUT2D eigenvalue weighted by Crippen LogP contribution is 2.29. The molecule has 0 aliphatic carbocycles. The third-order valence-corrected chi connectivity index (χ3v) is 5.02. The third kappa shape index (κ3) is 4.42. The van der Waals surface area contributed by atoms with E-state index in [1.54, 1.807) is 18.9 Å². The number of nitrogens with zero attached hydrogens (tertiary/aromatic N) is 3. The Morgan fingerprint density at radius 2 is 1.76 bits per heavy atom. The second-order valence-electron chi connectivity index (χ2n) is 5.68. The lowest BCUT2D eigenvalue weighted by Crippen LogP contribution is -2.00. The van der Waals surface area contributed by atoms with Crippen LogP contribution in [0.4, 0.5) is 0 Å². The molecule has 0 aliphatic heterocycles. The minimum atomic E-state index is 0.708. The van der Waals surface area contributed by atoms with E-state index >= 15 is 0 Å². The van der Waals surface area contributed by atoms with E-state index in [0.717, 1.165) is 41.0 Å². The summed E-state index contributed by atoms with van der Waals surface area (Å²) in [4.78, 5) is 0. The summed E-state index contributed by atoms with van der Waals surface area (Å²) < 4.78 is 7.22. The van der Waals surface area contributed by atoms with Gasteiger partial charge in [-0.05, 0) is 49.7 Å². The van der Waals surface area contributed by atoms with Crippen LogP contribution in [0, 0.1) is 6.92 Å². The Bertz CT molecular complexity index is 816. The first kappa shape index (κ1) is 18.0. The lowest BCUT2D eigenvalue weighted by molar-refractivity contribution is 0.200. The molecule has 1 aromatic heterocycles. The molecule has 0 radical (unpaired) electrons. The van der Waals surface area contributed by atoms with E-state index in [-0.39, 0.29) is 0 Å². The van der Waals surface area contributed by atoms with E-state index in [1.165, 1.54) is 5.56 Å². The Kier molecular flexibility index (Phi) is 6.13. The number of halogens is 1. The second kappa shape index (κ2) is 8.52. The molecule has 0 aliphatic rings. The van der Waals surface area contributed by atoms with Crippen LogP contribution in [-0.2, 0) is 4.74 Å². The van der Waals surface area contributed by atoms with E-state index in [1.807, 2.05) is 24.3 Å². The normalized spacial score (nSPS) is 11.0. The zero-order valence-electron chi connectivity index (χ0n) is 14.3. The molecule has 4 nitrogen and oxygen atoms in total. The van der Waals surface area contributed by atoms with Gasteiger partial charge in [0.25, 0.3) is 0 Å². The number of thioether (sulfide) groups is 1. The van der Waals surface area contributed by atoms with Gasteiger partial charge in [-0.25, -0.2) is 0 Å². The smallest absolute Gasteiger partial charge is 0.196 e. The molecule has 0 saturated heterocycles. The summed E-state index contributed by atoms with van der Waals surface area (Å²) in [7, 11) is 1.72. The minimum Gasteiger partial charge on any atom is -0.385 e. The number of methoxy groups -OCH3 is 1. The summed E-state index contributed by atoms with van der Waals surface area (Å²) in [6.45, 7) is 2.83. The van der Waals surface area contributed by atoms with Crippen LogP contribution in [0.2, 0.25) is 5.02 Å². The van der Waals surface area contributed by atoms with Crippen LogP contribution in [0.1, 0.15) is 12.0 Å². The Hall–Kier alpha value is -1.82. The van der Waals surface area contributed by atoms with Crippen LogP contribution in [0.25, 0.3) is 17.1 Å². The average Bonchev–Trinajstić information content (AvgIpc) is 3.04. The third-order valence-electron chi connectivity index (χ3n) is 3.75. The quantitative estimate of drug-likeness (QED) is 0.430. The maximum atomic E-state index is 6.02. The average molecular weight is 374 g/mol. The SMILES string of the molecule is COCCCSc1nnc(-c2ccc(Cl)cc2)n1-c1ccc(C)cc1.